The van der Waals surface area contributed by atoms with E-state index in [0.717, 1.165) is 4.57 Å². The number of hydrogen-bond acceptors (Lipinski definition) is 5. The Kier molecular flexibility index (Phi) is 5.25. The summed E-state index contributed by atoms with van der Waals surface area (Å²) in [5.74, 6) is -0.432. The van der Waals surface area contributed by atoms with E-state index < -0.39 is 17.1 Å². The molecule has 0 atom stereocenters. The summed E-state index contributed by atoms with van der Waals surface area (Å²) in [7, 11) is 0. The number of H-pyrrole nitrogens is 1. The number of nitrogens with one attached hydrogen (secondary N) is 1. The smallest absolute Gasteiger partial charge is 0.331 e. The fourth-order valence-corrected chi connectivity index (χ4v) is 1.58. The second-order valence-electron chi connectivity index (χ2n) is 3.90. The maximum atomic E-state index is 11.7. The van der Waals surface area contributed by atoms with Crippen molar-refractivity contribution in [2.75, 3.05) is 13.2 Å². The third-order valence-corrected chi connectivity index (χ3v) is 2.51. The van der Waals surface area contributed by atoms with Crippen molar-refractivity contribution in [3.05, 3.63) is 39.1 Å². The Morgan fingerprint density at radius 3 is 2.79 bits per heavy atom. The van der Waals surface area contributed by atoms with Crippen LogP contribution in [0.15, 0.2) is 27.2 Å². The number of nitrogens with zero attached hydrogens (tertiary/aromatic N) is 2. The zero-order chi connectivity index (χ0) is 14.4. The molecule has 19 heavy (non-hydrogen) atoms. The van der Waals surface area contributed by atoms with E-state index in [1.807, 2.05) is 0 Å². The minimum Gasteiger partial charge on any atom is -0.494 e. The first-order valence-corrected chi connectivity index (χ1v) is 5.82. The standard InChI is InChI=1S/C12H17N3O4/c1-3-6-15-11(18)9(10(17)14-12(15)19)8(2)13-5-4-7-16/h3,16,18H,1,4-7H2,2H3,(H,14,17,19). The van der Waals surface area contributed by atoms with Gasteiger partial charge in [0.1, 0.15) is 5.56 Å². The van der Waals surface area contributed by atoms with E-state index in [1.165, 1.54) is 6.08 Å². The van der Waals surface area contributed by atoms with Crippen molar-refractivity contribution < 1.29 is 10.2 Å². The monoisotopic (exact) mass is 267 g/mol. The predicted octanol–water partition coefficient (Wildman–Crippen LogP) is -0.380. The number of aliphatic hydroxyl groups excluding tert-OH is 1. The van der Waals surface area contributed by atoms with Gasteiger partial charge in [-0.3, -0.25) is 19.3 Å². The van der Waals surface area contributed by atoms with Gasteiger partial charge in [0.15, 0.2) is 0 Å². The number of aliphatic hydroxyl groups is 1. The highest BCUT2D eigenvalue weighted by molar-refractivity contribution is 6.00. The summed E-state index contributed by atoms with van der Waals surface area (Å²) < 4.78 is 0.995. The third kappa shape index (κ3) is 3.41. The molecule has 7 nitrogen and oxygen atoms in total. The highest BCUT2D eigenvalue weighted by Gasteiger charge is 2.15. The van der Waals surface area contributed by atoms with Crippen molar-refractivity contribution in [3.63, 3.8) is 0 Å². The lowest BCUT2D eigenvalue weighted by molar-refractivity contribution is 0.291. The van der Waals surface area contributed by atoms with E-state index in [0.29, 0.717) is 18.7 Å². The predicted molar refractivity (Wildman–Crippen MR) is 72.0 cm³/mol. The van der Waals surface area contributed by atoms with Gasteiger partial charge in [-0.25, -0.2) is 4.79 Å². The fourth-order valence-electron chi connectivity index (χ4n) is 1.58. The molecule has 104 valence electrons. The topological polar surface area (TPSA) is 108 Å². The van der Waals surface area contributed by atoms with Crippen molar-refractivity contribution in [1.82, 2.24) is 9.55 Å². The van der Waals surface area contributed by atoms with E-state index in [1.54, 1.807) is 6.92 Å². The molecule has 0 aromatic carbocycles. The second-order valence-corrected chi connectivity index (χ2v) is 3.90. The number of rotatable bonds is 6. The fraction of sp³-hybridized carbons (Fsp3) is 0.417. The maximum Gasteiger partial charge on any atom is 0.331 e. The Bertz CT molecular complexity index is 598. The molecule has 0 saturated carbocycles. The number of aromatic hydroxyl groups is 1. The Morgan fingerprint density at radius 2 is 2.21 bits per heavy atom. The quantitative estimate of drug-likeness (QED) is 0.371. The summed E-state index contributed by atoms with van der Waals surface area (Å²) >= 11 is 0. The first kappa shape index (κ1) is 14.9. The largest absolute Gasteiger partial charge is 0.494 e. The van der Waals surface area contributed by atoms with Crippen LogP contribution in [0.25, 0.3) is 0 Å². The lowest BCUT2D eigenvalue weighted by atomic mass is 10.2. The molecule has 1 aromatic rings. The Balaban J connectivity index is 3.31. The molecule has 7 heteroatoms. The molecule has 0 aliphatic heterocycles. The van der Waals surface area contributed by atoms with Crippen LogP contribution in [0, 0.1) is 0 Å². The van der Waals surface area contributed by atoms with E-state index in [2.05, 4.69) is 16.6 Å². The van der Waals surface area contributed by atoms with Crippen molar-refractivity contribution in [1.29, 1.82) is 0 Å². The molecule has 1 rings (SSSR count). The average molecular weight is 267 g/mol. The summed E-state index contributed by atoms with van der Waals surface area (Å²) in [5.41, 5.74) is -1.12. The second kappa shape index (κ2) is 6.69. The minimum atomic E-state index is -0.700. The van der Waals surface area contributed by atoms with Crippen LogP contribution in [-0.2, 0) is 6.54 Å². The highest BCUT2D eigenvalue weighted by Crippen LogP contribution is 2.11. The van der Waals surface area contributed by atoms with Gasteiger partial charge in [0, 0.05) is 25.4 Å². The number of aliphatic imine (C=N–C) groups is 1. The van der Waals surface area contributed by atoms with Crippen LogP contribution < -0.4 is 11.2 Å². The average Bonchev–Trinajstić information content (AvgIpc) is 2.34. The van der Waals surface area contributed by atoms with Crippen molar-refractivity contribution >= 4 is 5.71 Å². The molecule has 1 heterocycles. The van der Waals surface area contributed by atoms with Gasteiger partial charge in [-0.2, -0.15) is 0 Å². The molecule has 3 N–H and O–H groups in total. The van der Waals surface area contributed by atoms with Crippen LogP contribution in [0.3, 0.4) is 0 Å². The summed E-state index contributed by atoms with van der Waals surface area (Å²) in [6, 6.07) is 0. The summed E-state index contributed by atoms with van der Waals surface area (Å²) in [6.45, 7) is 5.45. The van der Waals surface area contributed by atoms with E-state index in [9.17, 15) is 14.7 Å². The van der Waals surface area contributed by atoms with E-state index in [4.69, 9.17) is 5.11 Å². The molecule has 0 aliphatic carbocycles. The van der Waals surface area contributed by atoms with Gasteiger partial charge in [0.05, 0.1) is 0 Å². The summed E-state index contributed by atoms with van der Waals surface area (Å²) in [5, 5.41) is 18.6. The molecule has 0 bridgehead atoms. The molecule has 0 radical (unpaired) electrons. The maximum absolute atomic E-state index is 11.7. The van der Waals surface area contributed by atoms with Crippen molar-refractivity contribution in [2.45, 2.75) is 19.9 Å². The van der Waals surface area contributed by atoms with Gasteiger partial charge in [-0.1, -0.05) is 6.08 Å². The van der Waals surface area contributed by atoms with Crippen LogP contribution in [0.1, 0.15) is 18.9 Å². The SMILES string of the molecule is C=CCn1c(O)c(C(C)=NCCCO)c(=O)[nH]c1=O. The Morgan fingerprint density at radius 1 is 1.53 bits per heavy atom. The van der Waals surface area contributed by atoms with Crippen LogP contribution in [0.4, 0.5) is 0 Å². The zero-order valence-electron chi connectivity index (χ0n) is 10.7. The molecule has 0 unspecified atom stereocenters. The molecule has 0 amide bonds. The highest BCUT2D eigenvalue weighted by atomic mass is 16.3. The van der Waals surface area contributed by atoms with Gasteiger partial charge in [-0.05, 0) is 13.3 Å². The van der Waals surface area contributed by atoms with Crippen molar-refractivity contribution in [2.24, 2.45) is 4.99 Å². The first-order valence-electron chi connectivity index (χ1n) is 5.82. The lowest BCUT2D eigenvalue weighted by Gasteiger charge is -2.09. The third-order valence-electron chi connectivity index (χ3n) is 2.51. The molecule has 0 fully saturated rings. The Labute approximate surface area is 109 Å². The van der Waals surface area contributed by atoms with E-state index >= 15 is 0 Å². The molecule has 1 aromatic heterocycles. The molecular formula is C12H17N3O4. The van der Waals surface area contributed by atoms with Crippen LogP contribution >= 0.6 is 0 Å². The van der Waals surface area contributed by atoms with Gasteiger partial charge in [-0.15, -0.1) is 6.58 Å². The molecule has 0 spiro atoms. The van der Waals surface area contributed by atoms with Gasteiger partial charge >= 0.3 is 5.69 Å². The zero-order valence-corrected chi connectivity index (χ0v) is 10.7. The first-order chi connectivity index (χ1) is 9.02. The molecule has 0 saturated heterocycles. The van der Waals surface area contributed by atoms with Crippen LogP contribution in [0.2, 0.25) is 0 Å². The summed E-state index contributed by atoms with van der Waals surface area (Å²) in [4.78, 5) is 29.4. The summed E-state index contributed by atoms with van der Waals surface area (Å²) in [6.07, 6.45) is 1.89. The van der Waals surface area contributed by atoms with Crippen LogP contribution in [-0.4, -0.2) is 38.6 Å². The van der Waals surface area contributed by atoms with E-state index in [-0.39, 0.29) is 18.7 Å². The number of aromatic amines is 1. The lowest BCUT2D eigenvalue weighted by Crippen LogP contribution is -2.33. The van der Waals surface area contributed by atoms with Crippen molar-refractivity contribution in [3.8, 4) is 5.88 Å². The number of allylic oxidation sites excluding steroid dienone is 1. The molecule has 0 aliphatic rings. The number of aromatic nitrogens is 2. The molecular weight excluding hydrogens is 250 g/mol. The number of hydrogen-bond donors (Lipinski definition) is 3. The normalized spacial score (nSPS) is 11.6. The van der Waals surface area contributed by atoms with Gasteiger partial charge in [0.25, 0.3) is 5.56 Å². The minimum absolute atomic E-state index is 0.00488. The Hall–Kier alpha value is -2.15. The van der Waals surface area contributed by atoms with Crippen LogP contribution in [0.5, 0.6) is 5.88 Å². The van der Waals surface area contributed by atoms with Gasteiger partial charge < -0.3 is 10.2 Å². The van der Waals surface area contributed by atoms with Gasteiger partial charge in [0.2, 0.25) is 5.88 Å².